The van der Waals surface area contributed by atoms with Crippen LogP contribution >= 0.6 is 0 Å². The van der Waals surface area contributed by atoms with Crippen molar-refractivity contribution in [1.82, 2.24) is 4.98 Å². The summed E-state index contributed by atoms with van der Waals surface area (Å²) in [6.07, 6.45) is 0. The van der Waals surface area contributed by atoms with E-state index in [1.165, 1.54) is 0 Å². The molecule has 4 heteroatoms. The highest BCUT2D eigenvalue weighted by Gasteiger charge is 2.11. The van der Waals surface area contributed by atoms with Gasteiger partial charge in [0.2, 0.25) is 0 Å². The van der Waals surface area contributed by atoms with Crippen molar-refractivity contribution >= 4 is 5.69 Å². The lowest BCUT2D eigenvalue weighted by molar-refractivity contribution is 0.475. The van der Waals surface area contributed by atoms with E-state index in [2.05, 4.69) is 11.1 Å². The van der Waals surface area contributed by atoms with Gasteiger partial charge in [0.25, 0.3) is 0 Å². The summed E-state index contributed by atoms with van der Waals surface area (Å²) in [5.41, 5.74) is 9.27. The first-order chi connectivity index (χ1) is 9.01. The Hall–Kier alpha value is -2.54. The summed E-state index contributed by atoms with van der Waals surface area (Å²) < 4.78 is 5.83. The second-order valence-electron chi connectivity index (χ2n) is 4.46. The first-order valence-electron chi connectivity index (χ1n) is 5.93. The van der Waals surface area contributed by atoms with E-state index < -0.39 is 0 Å². The molecule has 0 bridgehead atoms. The molecule has 0 radical (unpaired) electrons. The number of nitrogens with two attached hydrogens (primary N) is 1. The monoisotopic (exact) mass is 253 g/mol. The first-order valence-corrected chi connectivity index (χ1v) is 5.93. The van der Waals surface area contributed by atoms with Crippen molar-refractivity contribution in [3.05, 3.63) is 46.8 Å². The predicted molar refractivity (Wildman–Crippen MR) is 74.1 cm³/mol. The van der Waals surface area contributed by atoms with Gasteiger partial charge in [-0.3, -0.25) is 4.98 Å². The zero-order valence-corrected chi connectivity index (χ0v) is 11.2. The van der Waals surface area contributed by atoms with Crippen molar-refractivity contribution in [2.24, 2.45) is 0 Å². The molecule has 1 heterocycles. The molecule has 4 nitrogen and oxygen atoms in total. The average molecular weight is 253 g/mol. The van der Waals surface area contributed by atoms with Crippen molar-refractivity contribution in [3.63, 3.8) is 0 Å². The van der Waals surface area contributed by atoms with Crippen molar-refractivity contribution in [3.8, 4) is 17.6 Å². The Morgan fingerprint density at radius 1 is 1.16 bits per heavy atom. The number of benzene rings is 1. The summed E-state index contributed by atoms with van der Waals surface area (Å²) in [7, 11) is 0. The minimum Gasteiger partial charge on any atom is -0.456 e. The zero-order chi connectivity index (χ0) is 14.0. The Kier molecular flexibility index (Phi) is 3.39. The highest BCUT2D eigenvalue weighted by Crippen LogP contribution is 2.30. The minimum absolute atomic E-state index is 0.460. The predicted octanol–water partition coefficient (Wildman–Crippen LogP) is 3.25. The van der Waals surface area contributed by atoms with Crippen LogP contribution in [0.3, 0.4) is 0 Å². The molecule has 0 atom stereocenters. The normalized spacial score (nSPS) is 10.0. The molecule has 2 aromatic rings. The number of ether oxygens (including phenoxy) is 1. The molecule has 1 aromatic carbocycles. The third-order valence-corrected chi connectivity index (χ3v) is 2.82. The molecule has 0 saturated carbocycles. The maximum absolute atomic E-state index is 9.19. The highest BCUT2D eigenvalue weighted by molar-refractivity contribution is 5.52. The number of nitrogen functional groups attached to an aromatic ring is 1. The van der Waals surface area contributed by atoms with Gasteiger partial charge in [-0.1, -0.05) is 0 Å². The Labute approximate surface area is 112 Å². The quantitative estimate of drug-likeness (QED) is 0.834. The van der Waals surface area contributed by atoms with Crippen LogP contribution < -0.4 is 10.5 Å². The lowest BCUT2D eigenvalue weighted by Crippen LogP contribution is -1.97. The molecule has 0 saturated heterocycles. The molecular formula is C15H15N3O. The van der Waals surface area contributed by atoms with Crippen LogP contribution in [0.25, 0.3) is 0 Å². The second-order valence-corrected chi connectivity index (χ2v) is 4.46. The first kappa shape index (κ1) is 12.9. The van der Waals surface area contributed by atoms with E-state index in [-0.39, 0.29) is 0 Å². The summed E-state index contributed by atoms with van der Waals surface area (Å²) in [5, 5.41) is 9.19. The van der Waals surface area contributed by atoms with Crippen LogP contribution in [-0.4, -0.2) is 4.98 Å². The number of aromatic nitrogens is 1. The third-order valence-electron chi connectivity index (χ3n) is 2.82. The fraction of sp³-hybridized carbons (Fsp3) is 0.200. The molecule has 0 fully saturated rings. The van der Waals surface area contributed by atoms with E-state index in [9.17, 15) is 5.26 Å². The van der Waals surface area contributed by atoms with Crippen molar-refractivity contribution in [2.75, 3.05) is 5.73 Å². The lowest BCUT2D eigenvalue weighted by atomic mass is 10.1. The van der Waals surface area contributed by atoms with Crippen LogP contribution in [0.4, 0.5) is 5.69 Å². The van der Waals surface area contributed by atoms with Gasteiger partial charge in [0.1, 0.15) is 23.1 Å². The third kappa shape index (κ3) is 2.66. The van der Waals surface area contributed by atoms with Gasteiger partial charge < -0.3 is 10.5 Å². The van der Waals surface area contributed by atoms with Crippen LogP contribution in [0.2, 0.25) is 0 Å². The summed E-state index contributed by atoms with van der Waals surface area (Å²) >= 11 is 0. The maximum atomic E-state index is 9.19. The standard InChI is InChI=1S/C15H15N3O/c1-9-6-12(17)4-5-14(9)19-15-7-10(2)18-11(3)13(15)8-16/h4-7H,17H2,1-3H3. The number of aryl methyl sites for hydroxylation is 3. The van der Waals surface area contributed by atoms with E-state index in [1.54, 1.807) is 25.1 Å². The van der Waals surface area contributed by atoms with Gasteiger partial charge in [0.05, 0.1) is 5.69 Å². The Bertz CT molecular complexity index is 672. The van der Waals surface area contributed by atoms with Crippen LogP contribution in [0.15, 0.2) is 24.3 Å². The maximum Gasteiger partial charge on any atom is 0.148 e. The Morgan fingerprint density at radius 3 is 2.53 bits per heavy atom. The number of nitriles is 1. The molecule has 96 valence electrons. The summed E-state index contributed by atoms with van der Waals surface area (Å²) in [4.78, 5) is 4.26. The van der Waals surface area contributed by atoms with Crippen LogP contribution in [0.5, 0.6) is 11.5 Å². The number of hydrogen-bond acceptors (Lipinski definition) is 4. The molecule has 0 amide bonds. The van der Waals surface area contributed by atoms with E-state index in [0.717, 1.165) is 11.3 Å². The topological polar surface area (TPSA) is 71.9 Å². The molecule has 2 rings (SSSR count). The Balaban J connectivity index is 2.46. The van der Waals surface area contributed by atoms with Crippen molar-refractivity contribution < 1.29 is 4.74 Å². The average Bonchev–Trinajstić information content (AvgIpc) is 2.32. The van der Waals surface area contributed by atoms with Gasteiger partial charge in [-0.25, -0.2) is 0 Å². The van der Waals surface area contributed by atoms with Gasteiger partial charge >= 0.3 is 0 Å². The highest BCUT2D eigenvalue weighted by atomic mass is 16.5. The van der Waals surface area contributed by atoms with Gasteiger partial charge in [0, 0.05) is 17.4 Å². The van der Waals surface area contributed by atoms with Crippen LogP contribution in [-0.2, 0) is 0 Å². The molecule has 0 aliphatic rings. The molecule has 0 spiro atoms. The number of nitrogens with zero attached hydrogens (tertiary/aromatic N) is 2. The minimum atomic E-state index is 0.460. The van der Waals surface area contributed by atoms with Crippen LogP contribution in [0, 0.1) is 32.1 Å². The molecule has 1 aromatic heterocycles. The number of anilines is 1. The molecule has 19 heavy (non-hydrogen) atoms. The van der Waals surface area contributed by atoms with Gasteiger partial charge in [0.15, 0.2) is 0 Å². The Morgan fingerprint density at radius 2 is 1.89 bits per heavy atom. The molecule has 0 unspecified atom stereocenters. The SMILES string of the molecule is Cc1cc(Oc2ccc(N)cc2C)c(C#N)c(C)n1. The van der Waals surface area contributed by atoms with Gasteiger partial charge in [-0.05, 0) is 44.5 Å². The lowest BCUT2D eigenvalue weighted by Gasteiger charge is -2.12. The van der Waals surface area contributed by atoms with Gasteiger partial charge in [-0.15, -0.1) is 0 Å². The summed E-state index contributed by atoms with van der Waals surface area (Å²) in [6, 6.07) is 9.31. The van der Waals surface area contributed by atoms with E-state index in [0.29, 0.717) is 28.4 Å². The smallest absolute Gasteiger partial charge is 0.148 e. The molecule has 2 N–H and O–H groups in total. The molecule has 0 aliphatic heterocycles. The summed E-state index contributed by atoms with van der Waals surface area (Å²) in [5.74, 6) is 1.22. The largest absolute Gasteiger partial charge is 0.456 e. The number of hydrogen-bond donors (Lipinski definition) is 1. The summed E-state index contributed by atoms with van der Waals surface area (Å²) in [6.45, 7) is 5.59. The van der Waals surface area contributed by atoms with Crippen molar-refractivity contribution in [2.45, 2.75) is 20.8 Å². The fourth-order valence-electron chi connectivity index (χ4n) is 1.91. The number of pyridine rings is 1. The van der Waals surface area contributed by atoms with E-state index >= 15 is 0 Å². The van der Waals surface area contributed by atoms with E-state index in [4.69, 9.17) is 10.5 Å². The van der Waals surface area contributed by atoms with Crippen molar-refractivity contribution in [1.29, 1.82) is 5.26 Å². The molecule has 0 aliphatic carbocycles. The molecular weight excluding hydrogens is 238 g/mol. The fourth-order valence-corrected chi connectivity index (χ4v) is 1.91. The second kappa shape index (κ2) is 4.99. The van der Waals surface area contributed by atoms with Gasteiger partial charge in [-0.2, -0.15) is 5.26 Å². The number of rotatable bonds is 2. The van der Waals surface area contributed by atoms with E-state index in [1.807, 2.05) is 19.9 Å². The van der Waals surface area contributed by atoms with Crippen LogP contribution in [0.1, 0.15) is 22.5 Å². The zero-order valence-electron chi connectivity index (χ0n) is 11.2.